The Morgan fingerprint density at radius 3 is 2.78 bits per heavy atom. The second kappa shape index (κ2) is 6.09. The maximum absolute atomic E-state index is 12.3. The molecule has 1 fully saturated rings. The number of carbonyl (C=O) groups is 1. The van der Waals surface area contributed by atoms with Crippen LogP contribution in [0.15, 0.2) is 34.8 Å². The molecule has 23 heavy (non-hydrogen) atoms. The fourth-order valence-corrected chi connectivity index (χ4v) is 4.76. The third-order valence-electron chi connectivity index (χ3n) is 3.83. The molecular formula is C15H16BrN3O3S. The van der Waals surface area contributed by atoms with Gasteiger partial charge in [0, 0.05) is 10.2 Å². The predicted molar refractivity (Wildman–Crippen MR) is 91.4 cm³/mol. The molecule has 0 aliphatic carbocycles. The van der Waals surface area contributed by atoms with E-state index in [9.17, 15) is 13.2 Å². The second-order valence-corrected chi connectivity index (χ2v) is 8.69. The molecule has 8 heteroatoms. The van der Waals surface area contributed by atoms with Crippen molar-refractivity contribution >= 4 is 37.4 Å². The highest BCUT2D eigenvalue weighted by atomic mass is 79.9. The Kier molecular flexibility index (Phi) is 4.29. The number of rotatable bonds is 3. The van der Waals surface area contributed by atoms with E-state index in [-0.39, 0.29) is 29.1 Å². The largest absolute Gasteiger partial charge is 0.320 e. The molecule has 1 aliphatic heterocycles. The van der Waals surface area contributed by atoms with Crippen LogP contribution in [0.2, 0.25) is 0 Å². The molecule has 1 aliphatic rings. The van der Waals surface area contributed by atoms with Gasteiger partial charge >= 0.3 is 0 Å². The van der Waals surface area contributed by atoms with Crippen molar-refractivity contribution in [3.8, 4) is 0 Å². The van der Waals surface area contributed by atoms with E-state index in [1.807, 2.05) is 25.1 Å². The van der Waals surface area contributed by atoms with Crippen molar-refractivity contribution in [2.45, 2.75) is 19.4 Å². The van der Waals surface area contributed by atoms with Crippen LogP contribution >= 0.6 is 15.9 Å². The normalized spacial score (nSPS) is 19.7. The van der Waals surface area contributed by atoms with Crippen LogP contribution in [0.4, 0.5) is 5.69 Å². The third kappa shape index (κ3) is 3.48. The maximum Gasteiger partial charge on any atom is 0.276 e. The van der Waals surface area contributed by atoms with Crippen LogP contribution in [0, 0.1) is 6.92 Å². The lowest BCUT2D eigenvalue weighted by atomic mass is 10.2. The number of amides is 1. The summed E-state index contributed by atoms with van der Waals surface area (Å²) in [6.07, 6.45) is 0.538. The van der Waals surface area contributed by atoms with Crippen LogP contribution in [0.25, 0.3) is 0 Å². The lowest BCUT2D eigenvalue weighted by Crippen LogP contribution is -2.16. The lowest BCUT2D eigenvalue weighted by molar-refractivity contribution is 0.102. The quantitative estimate of drug-likeness (QED) is 0.862. The van der Waals surface area contributed by atoms with Crippen LogP contribution < -0.4 is 5.32 Å². The van der Waals surface area contributed by atoms with Crippen LogP contribution in [0.3, 0.4) is 0 Å². The topological polar surface area (TPSA) is 81.1 Å². The molecular weight excluding hydrogens is 382 g/mol. The van der Waals surface area contributed by atoms with E-state index in [4.69, 9.17) is 0 Å². The van der Waals surface area contributed by atoms with Gasteiger partial charge in [-0.05, 0) is 47.5 Å². The van der Waals surface area contributed by atoms with E-state index in [2.05, 4.69) is 26.3 Å². The molecule has 3 rings (SSSR count). The first-order chi connectivity index (χ1) is 10.9. The van der Waals surface area contributed by atoms with Gasteiger partial charge in [0.1, 0.15) is 0 Å². The van der Waals surface area contributed by atoms with Crippen LogP contribution in [-0.2, 0) is 9.84 Å². The van der Waals surface area contributed by atoms with Gasteiger partial charge in [-0.15, -0.1) is 0 Å². The Labute approximate surface area is 142 Å². The standard InChI is InChI=1S/C15H16BrN3O3S/c1-10-8-14(15(20)17-13-5-3-2-4-12(13)16)18-19(10)11-6-7-23(21,22)9-11/h2-5,8,11H,6-7,9H2,1H3,(H,17,20). The fourth-order valence-electron chi connectivity index (χ4n) is 2.69. The number of aromatic nitrogens is 2. The molecule has 2 heterocycles. The monoisotopic (exact) mass is 397 g/mol. The summed E-state index contributed by atoms with van der Waals surface area (Å²) in [5, 5.41) is 7.10. The SMILES string of the molecule is Cc1cc(C(=O)Nc2ccccc2Br)nn1C1CCS(=O)(=O)C1. The van der Waals surface area contributed by atoms with Gasteiger partial charge < -0.3 is 5.32 Å². The average Bonchev–Trinajstić information content (AvgIpc) is 3.04. The number of aryl methyl sites for hydroxylation is 1. The summed E-state index contributed by atoms with van der Waals surface area (Å²) in [6, 6.07) is 8.80. The van der Waals surface area contributed by atoms with Crippen LogP contribution in [0.1, 0.15) is 28.6 Å². The number of nitrogens with one attached hydrogen (secondary N) is 1. The molecule has 0 spiro atoms. The molecule has 1 saturated heterocycles. The highest BCUT2D eigenvalue weighted by Gasteiger charge is 2.31. The summed E-state index contributed by atoms with van der Waals surface area (Å²) in [6.45, 7) is 1.83. The van der Waals surface area contributed by atoms with Gasteiger partial charge in [0.15, 0.2) is 15.5 Å². The number of halogens is 1. The zero-order chi connectivity index (χ0) is 16.6. The van der Waals surface area contributed by atoms with E-state index in [0.717, 1.165) is 10.2 Å². The van der Waals surface area contributed by atoms with Gasteiger partial charge in [-0.1, -0.05) is 12.1 Å². The number of benzene rings is 1. The minimum Gasteiger partial charge on any atom is -0.320 e. The van der Waals surface area contributed by atoms with Crippen molar-refractivity contribution < 1.29 is 13.2 Å². The minimum atomic E-state index is -2.99. The molecule has 0 bridgehead atoms. The summed E-state index contributed by atoms with van der Waals surface area (Å²) < 4.78 is 25.7. The smallest absolute Gasteiger partial charge is 0.276 e. The number of anilines is 1. The zero-order valence-electron chi connectivity index (χ0n) is 12.5. The van der Waals surface area contributed by atoms with Gasteiger partial charge in [0.25, 0.3) is 5.91 Å². The molecule has 1 atom stereocenters. The zero-order valence-corrected chi connectivity index (χ0v) is 14.9. The molecule has 1 aromatic heterocycles. The first-order valence-corrected chi connectivity index (χ1v) is 9.79. The summed E-state index contributed by atoms with van der Waals surface area (Å²) in [5.74, 6) is -0.0596. The summed E-state index contributed by atoms with van der Waals surface area (Å²) in [4.78, 5) is 12.3. The van der Waals surface area contributed by atoms with Gasteiger partial charge in [0.05, 0.1) is 23.2 Å². The highest BCUT2D eigenvalue weighted by Crippen LogP contribution is 2.25. The van der Waals surface area contributed by atoms with Gasteiger partial charge in [-0.3, -0.25) is 9.48 Å². The molecule has 122 valence electrons. The number of hydrogen-bond donors (Lipinski definition) is 1. The number of nitrogens with zero attached hydrogens (tertiary/aromatic N) is 2. The molecule has 0 radical (unpaired) electrons. The Morgan fingerprint density at radius 2 is 2.13 bits per heavy atom. The maximum atomic E-state index is 12.3. The first kappa shape index (κ1) is 16.2. The van der Waals surface area contributed by atoms with Gasteiger partial charge in [-0.2, -0.15) is 5.10 Å². The van der Waals surface area contributed by atoms with Crippen LogP contribution in [0.5, 0.6) is 0 Å². The Bertz CT molecular complexity index is 861. The number of carbonyl (C=O) groups excluding carboxylic acids is 1. The van der Waals surface area contributed by atoms with E-state index < -0.39 is 9.84 Å². The molecule has 1 amide bonds. The number of sulfone groups is 1. The lowest BCUT2D eigenvalue weighted by Gasteiger charge is -2.10. The van der Waals surface area contributed by atoms with E-state index in [0.29, 0.717) is 12.1 Å². The average molecular weight is 398 g/mol. The Balaban J connectivity index is 1.81. The van der Waals surface area contributed by atoms with E-state index >= 15 is 0 Å². The molecule has 1 unspecified atom stereocenters. The van der Waals surface area contributed by atoms with Gasteiger partial charge in [0.2, 0.25) is 0 Å². The van der Waals surface area contributed by atoms with Crippen molar-refractivity contribution in [1.82, 2.24) is 9.78 Å². The van der Waals surface area contributed by atoms with Crippen molar-refractivity contribution in [1.29, 1.82) is 0 Å². The second-order valence-electron chi connectivity index (χ2n) is 5.61. The van der Waals surface area contributed by atoms with E-state index in [1.54, 1.807) is 16.8 Å². The summed E-state index contributed by atoms with van der Waals surface area (Å²) in [7, 11) is -2.99. The van der Waals surface area contributed by atoms with E-state index in [1.165, 1.54) is 0 Å². The number of hydrogen-bond acceptors (Lipinski definition) is 4. The van der Waals surface area contributed by atoms with Crippen molar-refractivity contribution in [2.24, 2.45) is 0 Å². The number of para-hydroxylation sites is 1. The Morgan fingerprint density at radius 1 is 1.39 bits per heavy atom. The van der Waals surface area contributed by atoms with Crippen molar-refractivity contribution in [3.05, 3.63) is 46.2 Å². The van der Waals surface area contributed by atoms with Crippen molar-refractivity contribution in [3.63, 3.8) is 0 Å². The summed E-state index contributed by atoms with van der Waals surface area (Å²) >= 11 is 3.38. The molecule has 1 aromatic carbocycles. The minimum absolute atomic E-state index is 0.0841. The molecule has 1 N–H and O–H groups in total. The molecule has 0 saturated carbocycles. The van der Waals surface area contributed by atoms with Crippen LogP contribution in [-0.4, -0.2) is 35.6 Å². The predicted octanol–water partition coefficient (Wildman–Crippen LogP) is 2.57. The third-order valence-corrected chi connectivity index (χ3v) is 6.27. The first-order valence-electron chi connectivity index (χ1n) is 7.18. The Hall–Kier alpha value is -1.67. The molecule has 2 aromatic rings. The van der Waals surface area contributed by atoms with Crippen molar-refractivity contribution in [2.75, 3.05) is 16.8 Å². The summed E-state index contributed by atoms with van der Waals surface area (Å²) in [5.41, 5.74) is 1.72. The fraction of sp³-hybridized carbons (Fsp3) is 0.333. The molecule has 6 nitrogen and oxygen atoms in total. The highest BCUT2D eigenvalue weighted by molar-refractivity contribution is 9.10. The van der Waals surface area contributed by atoms with Gasteiger partial charge in [-0.25, -0.2) is 8.42 Å².